The fourth-order valence-corrected chi connectivity index (χ4v) is 3.55. The minimum Gasteiger partial charge on any atom is -0.497 e. The topological polar surface area (TPSA) is 76.7 Å². The number of hydrogen-bond acceptors (Lipinski definition) is 4. The number of carbonyl (C=O) groups is 2. The molecule has 7 heteroatoms. The van der Waals surface area contributed by atoms with Crippen molar-refractivity contribution in [3.63, 3.8) is 0 Å². The molecule has 2 aromatic carbocycles. The molecule has 0 bridgehead atoms. The average molecular weight is 478 g/mol. The zero-order valence-corrected chi connectivity index (χ0v) is 17.1. The van der Waals surface area contributed by atoms with Gasteiger partial charge in [0.1, 0.15) is 12.4 Å². The minimum atomic E-state index is -0.560. The maximum Gasteiger partial charge on any atom is 0.338 e. The van der Waals surface area contributed by atoms with Crippen LogP contribution in [0.25, 0.3) is 0 Å². The van der Waals surface area contributed by atoms with Crippen LogP contribution in [0.5, 0.6) is 5.75 Å². The SMILES string of the molecule is COc1ccc(COC(=O)C2=C(C)NC(=O)NC2c2ccccc2I)cc1. The van der Waals surface area contributed by atoms with E-state index in [4.69, 9.17) is 9.47 Å². The Morgan fingerprint density at radius 1 is 1.15 bits per heavy atom. The fourth-order valence-electron chi connectivity index (χ4n) is 2.86. The van der Waals surface area contributed by atoms with Crippen molar-refractivity contribution in [1.82, 2.24) is 10.6 Å². The normalized spacial score (nSPS) is 16.4. The molecule has 27 heavy (non-hydrogen) atoms. The first-order chi connectivity index (χ1) is 13.0. The lowest BCUT2D eigenvalue weighted by atomic mass is 9.95. The summed E-state index contributed by atoms with van der Waals surface area (Å²) in [5.41, 5.74) is 2.58. The zero-order chi connectivity index (χ0) is 19.4. The molecular formula is C20H19IN2O4. The van der Waals surface area contributed by atoms with Crippen LogP contribution < -0.4 is 15.4 Å². The van der Waals surface area contributed by atoms with E-state index < -0.39 is 12.0 Å². The van der Waals surface area contributed by atoms with Gasteiger partial charge < -0.3 is 20.1 Å². The summed E-state index contributed by atoms with van der Waals surface area (Å²) < 4.78 is 11.6. The molecule has 0 spiro atoms. The number of allylic oxidation sites excluding steroid dienone is 1. The lowest BCUT2D eigenvalue weighted by molar-refractivity contribution is -0.140. The van der Waals surface area contributed by atoms with Crippen LogP contribution in [0, 0.1) is 3.57 Å². The number of ether oxygens (including phenoxy) is 2. The second kappa shape index (κ2) is 8.43. The predicted octanol–water partition coefficient (Wildman–Crippen LogP) is 3.67. The van der Waals surface area contributed by atoms with Gasteiger partial charge in [0, 0.05) is 9.27 Å². The Labute approximate surface area is 171 Å². The molecule has 1 heterocycles. The number of methoxy groups -OCH3 is 1. The van der Waals surface area contributed by atoms with Crippen LogP contribution in [0.2, 0.25) is 0 Å². The second-order valence-electron chi connectivity index (χ2n) is 6.02. The molecule has 0 radical (unpaired) electrons. The van der Waals surface area contributed by atoms with E-state index in [-0.39, 0.29) is 12.6 Å². The lowest BCUT2D eigenvalue weighted by Gasteiger charge is -2.28. The van der Waals surface area contributed by atoms with Crippen LogP contribution in [-0.2, 0) is 16.1 Å². The number of nitrogens with one attached hydrogen (secondary N) is 2. The van der Waals surface area contributed by atoms with Crippen LogP contribution in [0.4, 0.5) is 4.79 Å². The van der Waals surface area contributed by atoms with Gasteiger partial charge >= 0.3 is 12.0 Å². The van der Waals surface area contributed by atoms with E-state index >= 15 is 0 Å². The molecule has 0 aromatic heterocycles. The smallest absolute Gasteiger partial charge is 0.338 e. The summed E-state index contributed by atoms with van der Waals surface area (Å²) in [5, 5.41) is 5.47. The van der Waals surface area contributed by atoms with Gasteiger partial charge in [-0.15, -0.1) is 0 Å². The number of urea groups is 1. The maximum absolute atomic E-state index is 12.8. The molecule has 1 aliphatic heterocycles. The van der Waals surface area contributed by atoms with Crippen molar-refractivity contribution in [2.75, 3.05) is 7.11 Å². The van der Waals surface area contributed by atoms with Crippen LogP contribution >= 0.6 is 22.6 Å². The number of hydrogen-bond donors (Lipinski definition) is 2. The van der Waals surface area contributed by atoms with E-state index in [0.29, 0.717) is 11.3 Å². The average Bonchev–Trinajstić information content (AvgIpc) is 2.66. The number of rotatable bonds is 5. The van der Waals surface area contributed by atoms with Crippen molar-refractivity contribution >= 4 is 34.6 Å². The summed E-state index contributed by atoms with van der Waals surface area (Å²) >= 11 is 2.19. The van der Waals surface area contributed by atoms with Crippen molar-refractivity contribution in [2.45, 2.75) is 19.6 Å². The number of amides is 2. The fraction of sp³-hybridized carbons (Fsp3) is 0.200. The van der Waals surface area contributed by atoms with Gasteiger partial charge in [-0.1, -0.05) is 30.3 Å². The summed E-state index contributed by atoms with van der Waals surface area (Å²) in [7, 11) is 1.60. The largest absolute Gasteiger partial charge is 0.497 e. The summed E-state index contributed by atoms with van der Waals surface area (Å²) in [6.45, 7) is 1.83. The van der Waals surface area contributed by atoms with Gasteiger partial charge in [0.15, 0.2) is 0 Å². The Bertz CT molecular complexity index is 893. The van der Waals surface area contributed by atoms with Gasteiger partial charge in [-0.3, -0.25) is 0 Å². The van der Waals surface area contributed by atoms with E-state index in [9.17, 15) is 9.59 Å². The molecule has 0 aliphatic carbocycles. The quantitative estimate of drug-likeness (QED) is 0.508. The molecule has 2 amide bonds. The molecule has 1 aliphatic rings. The standard InChI is InChI=1S/C20H19IN2O4/c1-12-17(19(24)27-11-13-7-9-14(26-2)10-8-13)18(23-20(25)22-12)15-5-3-4-6-16(15)21/h3-10,18H,11H2,1-2H3,(H2,22,23,25). The molecule has 140 valence electrons. The van der Waals surface area contributed by atoms with Crippen LogP contribution in [-0.4, -0.2) is 19.1 Å². The maximum atomic E-state index is 12.8. The van der Waals surface area contributed by atoms with E-state index in [1.807, 2.05) is 48.5 Å². The Morgan fingerprint density at radius 3 is 2.52 bits per heavy atom. The monoisotopic (exact) mass is 478 g/mol. The molecular weight excluding hydrogens is 459 g/mol. The first kappa shape index (κ1) is 19.2. The van der Waals surface area contributed by atoms with Gasteiger partial charge in [-0.25, -0.2) is 9.59 Å². The first-order valence-corrected chi connectivity index (χ1v) is 9.40. The van der Waals surface area contributed by atoms with Crippen molar-refractivity contribution in [1.29, 1.82) is 0 Å². The molecule has 2 aromatic rings. The number of carbonyl (C=O) groups excluding carboxylic acids is 2. The Morgan fingerprint density at radius 2 is 1.85 bits per heavy atom. The minimum absolute atomic E-state index is 0.131. The third-order valence-electron chi connectivity index (χ3n) is 4.23. The van der Waals surface area contributed by atoms with E-state index in [1.165, 1.54) is 0 Å². The molecule has 1 unspecified atom stereocenters. The van der Waals surface area contributed by atoms with E-state index in [0.717, 1.165) is 20.4 Å². The Kier molecular flexibility index (Phi) is 6.00. The highest BCUT2D eigenvalue weighted by Gasteiger charge is 2.33. The van der Waals surface area contributed by atoms with E-state index in [2.05, 4.69) is 33.2 Å². The summed E-state index contributed by atoms with van der Waals surface area (Å²) in [6, 6.07) is 14.0. The summed E-state index contributed by atoms with van der Waals surface area (Å²) in [4.78, 5) is 24.8. The number of halogens is 1. The van der Waals surface area contributed by atoms with E-state index in [1.54, 1.807) is 14.0 Å². The highest BCUT2D eigenvalue weighted by Crippen LogP contribution is 2.30. The zero-order valence-electron chi connectivity index (χ0n) is 14.9. The Hall–Kier alpha value is -2.55. The third-order valence-corrected chi connectivity index (χ3v) is 5.22. The summed E-state index contributed by atoms with van der Waals surface area (Å²) in [5.74, 6) is 0.266. The molecule has 1 atom stereocenters. The van der Waals surface area contributed by atoms with Gasteiger partial charge in [0.05, 0.1) is 18.7 Å². The molecule has 0 saturated heterocycles. The highest BCUT2D eigenvalue weighted by molar-refractivity contribution is 14.1. The lowest BCUT2D eigenvalue weighted by Crippen LogP contribution is -2.45. The van der Waals surface area contributed by atoms with Crippen molar-refractivity contribution in [3.05, 3.63) is 74.5 Å². The Balaban J connectivity index is 1.82. The second-order valence-corrected chi connectivity index (χ2v) is 7.18. The number of esters is 1. The third kappa shape index (κ3) is 4.41. The van der Waals surface area contributed by atoms with Gasteiger partial charge in [0.25, 0.3) is 0 Å². The van der Waals surface area contributed by atoms with Gasteiger partial charge in [-0.2, -0.15) is 0 Å². The molecule has 0 fully saturated rings. The van der Waals surface area contributed by atoms with Crippen molar-refractivity contribution in [2.24, 2.45) is 0 Å². The molecule has 6 nitrogen and oxygen atoms in total. The molecule has 0 saturated carbocycles. The van der Waals surface area contributed by atoms with Crippen LogP contribution in [0.3, 0.4) is 0 Å². The first-order valence-electron chi connectivity index (χ1n) is 8.32. The highest BCUT2D eigenvalue weighted by atomic mass is 127. The van der Waals surface area contributed by atoms with Gasteiger partial charge in [0.2, 0.25) is 0 Å². The van der Waals surface area contributed by atoms with Crippen molar-refractivity contribution in [3.8, 4) is 5.75 Å². The van der Waals surface area contributed by atoms with Crippen molar-refractivity contribution < 1.29 is 19.1 Å². The molecule has 3 rings (SSSR count). The predicted molar refractivity (Wildman–Crippen MR) is 109 cm³/mol. The van der Waals surface area contributed by atoms with Crippen LogP contribution in [0.1, 0.15) is 24.1 Å². The summed E-state index contributed by atoms with van der Waals surface area (Å²) in [6.07, 6.45) is 0. The van der Waals surface area contributed by atoms with Gasteiger partial charge in [-0.05, 0) is 58.8 Å². The van der Waals surface area contributed by atoms with Crippen LogP contribution in [0.15, 0.2) is 59.8 Å². The molecule has 2 N–H and O–H groups in total. The number of benzene rings is 2.